The lowest BCUT2D eigenvalue weighted by Crippen LogP contribution is -2.66. The molecule has 3 heterocycles. The molecule has 87 heavy (non-hydrogen) atoms. The summed E-state index contributed by atoms with van der Waals surface area (Å²) in [5, 5.41) is 120. The highest BCUT2D eigenvalue weighted by Gasteiger charge is 2.53. The Kier molecular flexibility index (Phi) is 43.9. The van der Waals surface area contributed by atoms with Gasteiger partial charge in [0, 0.05) is 6.42 Å². The molecule has 19 nitrogen and oxygen atoms in total. The van der Waals surface area contributed by atoms with Crippen molar-refractivity contribution in [2.24, 2.45) is 0 Å². The predicted molar refractivity (Wildman–Crippen MR) is 337 cm³/mol. The third kappa shape index (κ3) is 31.8. The van der Waals surface area contributed by atoms with Crippen molar-refractivity contribution < 1.29 is 89.4 Å². The summed E-state index contributed by atoms with van der Waals surface area (Å²) >= 11 is 0. The predicted octanol–water partition coefficient (Wildman–Crippen LogP) is 7.49. The maximum Gasteiger partial charge on any atom is 0.220 e. The largest absolute Gasteiger partial charge is 0.394 e. The summed E-state index contributed by atoms with van der Waals surface area (Å²) in [5.74, 6) is -0.348. The summed E-state index contributed by atoms with van der Waals surface area (Å²) in [4.78, 5) is 13.3. The Balaban J connectivity index is 1.51. The van der Waals surface area contributed by atoms with Crippen LogP contribution in [0, 0.1) is 0 Å². The molecule has 3 fully saturated rings. The molecule has 3 aliphatic heterocycles. The first kappa shape index (κ1) is 77.7. The zero-order valence-electron chi connectivity index (χ0n) is 52.2. The molecule has 0 aromatic carbocycles. The quantitative estimate of drug-likeness (QED) is 0.0207. The molecule has 0 saturated carbocycles. The highest BCUT2D eigenvalue weighted by Crippen LogP contribution is 2.33. The highest BCUT2D eigenvalue weighted by atomic mass is 16.8. The zero-order chi connectivity index (χ0) is 63.3. The van der Waals surface area contributed by atoms with Crippen LogP contribution >= 0.6 is 0 Å². The monoisotopic (exact) mass is 1230 g/mol. The third-order valence-corrected chi connectivity index (χ3v) is 15.6. The van der Waals surface area contributed by atoms with Gasteiger partial charge in [0.1, 0.15) is 73.2 Å². The summed E-state index contributed by atoms with van der Waals surface area (Å²) < 4.78 is 34.2. The van der Waals surface area contributed by atoms with E-state index in [2.05, 4.69) is 104 Å². The fourth-order valence-corrected chi connectivity index (χ4v) is 10.3. The van der Waals surface area contributed by atoms with E-state index in [1.807, 2.05) is 18.2 Å². The Morgan fingerprint density at radius 1 is 0.425 bits per heavy atom. The maximum absolute atomic E-state index is 13.3. The number of aliphatic hydroxyl groups excluding tert-OH is 11. The van der Waals surface area contributed by atoms with Crippen LogP contribution in [0.5, 0.6) is 0 Å². The van der Waals surface area contributed by atoms with E-state index in [-0.39, 0.29) is 12.3 Å². The molecular weight excluding hydrogens is 1120 g/mol. The molecule has 3 rings (SSSR count). The van der Waals surface area contributed by atoms with Crippen LogP contribution < -0.4 is 5.32 Å². The minimum Gasteiger partial charge on any atom is -0.394 e. The van der Waals surface area contributed by atoms with E-state index in [4.69, 9.17) is 28.4 Å². The minimum atomic E-state index is -1.99. The molecule has 0 aromatic rings. The molecule has 3 saturated heterocycles. The summed E-state index contributed by atoms with van der Waals surface area (Å²) in [6, 6.07) is -1.03. The summed E-state index contributed by atoms with van der Waals surface area (Å²) in [5.41, 5.74) is 0. The van der Waals surface area contributed by atoms with E-state index in [1.165, 1.54) is 77.0 Å². The Morgan fingerprint density at radius 2 is 0.805 bits per heavy atom. The first-order valence-corrected chi connectivity index (χ1v) is 32.6. The van der Waals surface area contributed by atoms with Crippen LogP contribution in [0.25, 0.3) is 0 Å². The van der Waals surface area contributed by atoms with Crippen LogP contribution in [-0.4, -0.2) is 193 Å². The molecule has 0 aliphatic carbocycles. The number of hydrogen-bond acceptors (Lipinski definition) is 18. The van der Waals surface area contributed by atoms with Crippen molar-refractivity contribution in [2.75, 3.05) is 26.4 Å². The maximum atomic E-state index is 13.3. The Labute approximate surface area is 519 Å². The molecule has 0 bridgehead atoms. The van der Waals surface area contributed by atoms with Gasteiger partial charge < -0.3 is 89.9 Å². The van der Waals surface area contributed by atoms with Crippen LogP contribution in [-0.2, 0) is 33.2 Å². The number of aliphatic hydroxyl groups is 11. The molecule has 0 aromatic heterocycles. The normalized spacial score (nSPS) is 29.3. The van der Waals surface area contributed by atoms with E-state index in [0.29, 0.717) is 19.3 Å². The lowest BCUT2D eigenvalue weighted by Gasteiger charge is -2.48. The SMILES string of the molecule is CC/C=C\C/C=C\C/C=C\C/C=C\C/C=C\C/C=C\C/C=C\CCCC(=O)NC(COC1OC(CO)C(OC2OC(CO)C(OC3OC(CO)C(O)C(O)C3O)C(O)C2O)C(O)C1O)C(O)/C=C/CC/C=C/CCCCCCCCCCCCCCC. The van der Waals surface area contributed by atoms with Crippen LogP contribution in [0.15, 0.2) is 109 Å². The van der Waals surface area contributed by atoms with Crippen molar-refractivity contribution in [1.82, 2.24) is 5.32 Å². The fraction of sp³-hybridized carbons (Fsp3) is 0.721. The number of carbonyl (C=O) groups is 1. The van der Waals surface area contributed by atoms with Gasteiger partial charge in [-0.3, -0.25) is 4.79 Å². The summed E-state index contributed by atoms with van der Waals surface area (Å²) in [7, 11) is 0. The first-order valence-electron chi connectivity index (χ1n) is 32.6. The second kappa shape index (κ2) is 49.2. The number of rotatable bonds is 47. The summed E-state index contributed by atoms with van der Waals surface area (Å²) in [6.45, 7) is 1.53. The minimum absolute atomic E-state index is 0.148. The van der Waals surface area contributed by atoms with Crippen molar-refractivity contribution in [3.8, 4) is 0 Å². The smallest absolute Gasteiger partial charge is 0.220 e. The van der Waals surface area contributed by atoms with Gasteiger partial charge in [0.15, 0.2) is 18.9 Å². The molecule has 0 spiro atoms. The molecule has 17 unspecified atom stereocenters. The first-order chi connectivity index (χ1) is 42.3. The van der Waals surface area contributed by atoms with E-state index < -0.39 is 131 Å². The van der Waals surface area contributed by atoms with Crippen LogP contribution in [0.3, 0.4) is 0 Å². The molecule has 498 valence electrons. The van der Waals surface area contributed by atoms with Gasteiger partial charge in [0.25, 0.3) is 0 Å². The van der Waals surface area contributed by atoms with Gasteiger partial charge in [-0.25, -0.2) is 0 Å². The van der Waals surface area contributed by atoms with E-state index in [0.717, 1.165) is 64.2 Å². The molecule has 19 heteroatoms. The number of amides is 1. The lowest BCUT2D eigenvalue weighted by molar-refractivity contribution is -0.379. The van der Waals surface area contributed by atoms with E-state index >= 15 is 0 Å². The number of hydrogen-bond donors (Lipinski definition) is 12. The third-order valence-electron chi connectivity index (χ3n) is 15.6. The molecule has 3 aliphatic rings. The summed E-state index contributed by atoms with van der Waals surface area (Å²) in [6.07, 6.45) is 37.8. The number of carbonyl (C=O) groups excluding carboxylic acids is 1. The van der Waals surface area contributed by atoms with Gasteiger partial charge in [0.2, 0.25) is 5.91 Å². The zero-order valence-corrected chi connectivity index (χ0v) is 52.2. The van der Waals surface area contributed by atoms with Crippen molar-refractivity contribution in [2.45, 2.75) is 285 Å². The van der Waals surface area contributed by atoms with Crippen LogP contribution in [0.4, 0.5) is 0 Å². The van der Waals surface area contributed by atoms with Gasteiger partial charge in [-0.1, -0.05) is 200 Å². The van der Waals surface area contributed by atoms with E-state index in [9.17, 15) is 61.0 Å². The van der Waals surface area contributed by atoms with Crippen molar-refractivity contribution in [3.05, 3.63) is 109 Å². The van der Waals surface area contributed by atoms with Crippen LogP contribution in [0.1, 0.15) is 181 Å². The number of nitrogens with one attached hydrogen (secondary N) is 1. The molecular formula is C68H113NO18. The Morgan fingerprint density at radius 3 is 1.29 bits per heavy atom. The van der Waals surface area contributed by atoms with Crippen molar-refractivity contribution in [3.63, 3.8) is 0 Å². The average molecular weight is 1230 g/mol. The Hall–Kier alpha value is -3.55. The molecule has 12 N–H and O–H groups in total. The molecule has 1 amide bonds. The highest BCUT2D eigenvalue weighted by molar-refractivity contribution is 5.76. The molecule has 17 atom stereocenters. The number of unbranched alkanes of at least 4 members (excludes halogenated alkanes) is 15. The van der Waals surface area contributed by atoms with Crippen molar-refractivity contribution >= 4 is 5.91 Å². The molecule has 0 radical (unpaired) electrons. The van der Waals surface area contributed by atoms with Crippen LogP contribution in [0.2, 0.25) is 0 Å². The van der Waals surface area contributed by atoms with Gasteiger partial charge in [-0.05, 0) is 83.5 Å². The average Bonchev–Trinajstić information content (AvgIpc) is 2.58. The number of ether oxygens (including phenoxy) is 6. The number of allylic oxidation sites excluding steroid dienone is 17. The van der Waals surface area contributed by atoms with Gasteiger partial charge >= 0.3 is 0 Å². The van der Waals surface area contributed by atoms with Gasteiger partial charge in [-0.2, -0.15) is 0 Å². The van der Waals surface area contributed by atoms with Gasteiger partial charge in [-0.15, -0.1) is 0 Å². The van der Waals surface area contributed by atoms with Crippen molar-refractivity contribution in [1.29, 1.82) is 0 Å². The fourth-order valence-electron chi connectivity index (χ4n) is 10.3. The van der Waals surface area contributed by atoms with Gasteiger partial charge in [0.05, 0.1) is 38.6 Å². The second-order valence-corrected chi connectivity index (χ2v) is 22.8. The Bertz CT molecular complexity index is 2000. The lowest BCUT2D eigenvalue weighted by atomic mass is 9.96. The topological polar surface area (TPSA) is 307 Å². The second-order valence-electron chi connectivity index (χ2n) is 22.8. The standard InChI is InChI=1S/C68H113NO18/c1-3-5-7-9-11-13-15-17-19-21-23-24-25-26-28-30-32-34-36-38-40-42-44-46-56(74)69-51(52(73)45-43-41-39-37-35-33-31-29-27-22-20-18-16-14-12-10-8-6-4-2)50-82-66-62(80)59(77)64(54(48-71)84-66)87-68-63(81)60(78)65(55(49-72)85-68)86-67-61(79)58(76)57(75)53(47-70)83-67/h5,7,11,13,17,19,23-24,26,28,32,34-35,37-38,40,43,45,51-55,57-68,70-73,75-81H,3-4,6,8-10,12,14-16,18,20-22,25,27,29-31,33,36,39,41-42,44,46-50H2,1-2H3,(H,69,74)/b7-5-,13-11-,19-17-,24-23-,28-26-,34-32-,37-35+,40-38-,45-43+. The van der Waals surface area contributed by atoms with E-state index in [1.54, 1.807) is 6.08 Å².